The minimum atomic E-state index is -0.781. The van der Waals surface area contributed by atoms with Crippen LogP contribution in [0.4, 0.5) is 0 Å². The Labute approximate surface area is 113 Å². The lowest BCUT2D eigenvalue weighted by atomic mass is 9.87. The second kappa shape index (κ2) is 6.37. The molecule has 0 aromatic rings. The molecule has 0 heterocycles. The van der Waals surface area contributed by atoms with Gasteiger partial charge in [-0.2, -0.15) is 0 Å². The molecule has 108 valence electrons. The quantitative estimate of drug-likeness (QED) is 0.714. The molecule has 2 fully saturated rings. The molecule has 2 rings (SSSR count). The SMILES string of the molecule is O=C(O)C1CCC(C(=O)NCC2CCC(O)CC2)C1. The Morgan fingerprint density at radius 3 is 2.21 bits per heavy atom. The fraction of sp³-hybridized carbons (Fsp3) is 0.857. The van der Waals surface area contributed by atoms with Crippen molar-refractivity contribution in [1.82, 2.24) is 5.32 Å². The van der Waals surface area contributed by atoms with Crippen molar-refractivity contribution >= 4 is 11.9 Å². The third kappa shape index (κ3) is 3.93. The van der Waals surface area contributed by atoms with Gasteiger partial charge in [-0.05, 0) is 50.9 Å². The van der Waals surface area contributed by atoms with E-state index in [1.165, 1.54) is 0 Å². The van der Waals surface area contributed by atoms with Crippen molar-refractivity contribution in [2.75, 3.05) is 6.54 Å². The van der Waals surface area contributed by atoms with Gasteiger partial charge >= 0.3 is 5.97 Å². The van der Waals surface area contributed by atoms with Crippen molar-refractivity contribution < 1.29 is 19.8 Å². The molecular weight excluding hydrogens is 246 g/mol. The van der Waals surface area contributed by atoms with Crippen molar-refractivity contribution in [3.63, 3.8) is 0 Å². The van der Waals surface area contributed by atoms with Crippen LogP contribution >= 0.6 is 0 Å². The maximum atomic E-state index is 12.0. The summed E-state index contributed by atoms with van der Waals surface area (Å²) in [5.41, 5.74) is 0. The average molecular weight is 269 g/mol. The van der Waals surface area contributed by atoms with Gasteiger partial charge < -0.3 is 15.5 Å². The summed E-state index contributed by atoms with van der Waals surface area (Å²) in [6.07, 6.45) is 5.18. The highest BCUT2D eigenvalue weighted by atomic mass is 16.4. The van der Waals surface area contributed by atoms with E-state index in [-0.39, 0.29) is 23.8 Å². The van der Waals surface area contributed by atoms with Crippen molar-refractivity contribution in [3.05, 3.63) is 0 Å². The fourth-order valence-electron chi connectivity index (χ4n) is 3.18. The Kier molecular flexibility index (Phi) is 4.80. The lowest BCUT2D eigenvalue weighted by Gasteiger charge is -2.25. The van der Waals surface area contributed by atoms with Crippen LogP contribution in [0.2, 0.25) is 0 Å². The molecule has 3 N–H and O–H groups in total. The monoisotopic (exact) mass is 269 g/mol. The van der Waals surface area contributed by atoms with Crippen LogP contribution in [0, 0.1) is 17.8 Å². The zero-order valence-electron chi connectivity index (χ0n) is 11.2. The first-order chi connectivity index (χ1) is 9.06. The van der Waals surface area contributed by atoms with Gasteiger partial charge in [-0.3, -0.25) is 9.59 Å². The highest BCUT2D eigenvalue weighted by Gasteiger charge is 2.34. The molecule has 0 bridgehead atoms. The predicted molar refractivity (Wildman–Crippen MR) is 69.4 cm³/mol. The van der Waals surface area contributed by atoms with Gasteiger partial charge in [0.05, 0.1) is 12.0 Å². The molecule has 19 heavy (non-hydrogen) atoms. The number of aliphatic carboxylic acids is 1. The number of aliphatic hydroxyl groups excluding tert-OH is 1. The summed E-state index contributed by atoms with van der Waals surface area (Å²) in [5.74, 6) is -0.786. The number of carboxylic acids is 1. The second-order valence-corrected chi connectivity index (χ2v) is 5.96. The van der Waals surface area contributed by atoms with Crippen LogP contribution in [-0.2, 0) is 9.59 Å². The summed E-state index contributed by atoms with van der Waals surface area (Å²) >= 11 is 0. The fourth-order valence-corrected chi connectivity index (χ4v) is 3.18. The Balaban J connectivity index is 1.69. The van der Waals surface area contributed by atoms with Crippen LogP contribution in [0.5, 0.6) is 0 Å². The van der Waals surface area contributed by atoms with E-state index >= 15 is 0 Å². The number of nitrogens with one attached hydrogen (secondary N) is 1. The van der Waals surface area contributed by atoms with E-state index in [1.807, 2.05) is 0 Å². The number of aliphatic hydroxyl groups is 1. The summed E-state index contributed by atoms with van der Waals surface area (Å²) < 4.78 is 0. The molecule has 0 aromatic carbocycles. The maximum Gasteiger partial charge on any atom is 0.306 e. The lowest BCUT2D eigenvalue weighted by molar-refractivity contribution is -0.141. The molecule has 2 unspecified atom stereocenters. The summed E-state index contributed by atoms with van der Waals surface area (Å²) in [5, 5.41) is 21.3. The summed E-state index contributed by atoms with van der Waals surface area (Å²) in [4.78, 5) is 22.8. The number of carbonyl (C=O) groups is 2. The van der Waals surface area contributed by atoms with Crippen LogP contribution in [-0.4, -0.2) is 34.7 Å². The van der Waals surface area contributed by atoms with Crippen molar-refractivity contribution in [2.24, 2.45) is 17.8 Å². The zero-order valence-corrected chi connectivity index (χ0v) is 11.2. The Morgan fingerprint density at radius 1 is 1.00 bits per heavy atom. The third-order valence-electron chi connectivity index (χ3n) is 4.53. The smallest absolute Gasteiger partial charge is 0.306 e. The number of carbonyl (C=O) groups excluding carboxylic acids is 1. The molecule has 0 radical (unpaired) electrons. The van der Waals surface area contributed by atoms with Gasteiger partial charge in [-0.1, -0.05) is 0 Å². The highest BCUT2D eigenvalue weighted by molar-refractivity contribution is 5.80. The second-order valence-electron chi connectivity index (χ2n) is 5.96. The molecule has 0 aliphatic heterocycles. The minimum absolute atomic E-state index is 0.00914. The number of hydrogen-bond acceptors (Lipinski definition) is 3. The maximum absolute atomic E-state index is 12.0. The summed E-state index contributed by atoms with van der Waals surface area (Å²) in [6.45, 7) is 0.666. The van der Waals surface area contributed by atoms with E-state index in [9.17, 15) is 14.7 Å². The molecule has 0 spiro atoms. The Morgan fingerprint density at radius 2 is 1.63 bits per heavy atom. The van der Waals surface area contributed by atoms with Crippen molar-refractivity contribution in [1.29, 1.82) is 0 Å². The van der Waals surface area contributed by atoms with Crippen LogP contribution in [0.3, 0.4) is 0 Å². The lowest BCUT2D eigenvalue weighted by Crippen LogP contribution is -2.35. The summed E-state index contributed by atoms with van der Waals surface area (Å²) in [7, 11) is 0. The predicted octanol–water partition coefficient (Wildman–Crippen LogP) is 1.15. The minimum Gasteiger partial charge on any atom is -0.481 e. The van der Waals surface area contributed by atoms with Crippen LogP contribution < -0.4 is 5.32 Å². The van der Waals surface area contributed by atoms with Crippen LogP contribution in [0.1, 0.15) is 44.9 Å². The van der Waals surface area contributed by atoms with E-state index in [0.29, 0.717) is 31.7 Å². The molecule has 2 atom stereocenters. The Bertz CT molecular complexity index is 336. The standard InChI is InChI=1S/C14H23NO4/c16-12-5-1-9(2-6-12)8-15-13(17)10-3-4-11(7-10)14(18)19/h9-12,16H,1-8H2,(H,15,17)(H,18,19). The largest absolute Gasteiger partial charge is 0.481 e. The number of hydrogen-bond donors (Lipinski definition) is 3. The molecule has 0 aromatic heterocycles. The van der Waals surface area contributed by atoms with Gasteiger partial charge in [0.15, 0.2) is 0 Å². The van der Waals surface area contributed by atoms with E-state index < -0.39 is 5.97 Å². The molecule has 1 amide bonds. The molecule has 2 saturated carbocycles. The topological polar surface area (TPSA) is 86.6 Å². The van der Waals surface area contributed by atoms with Crippen LogP contribution in [0.25, 0.3) is 0 Å². The van der Waals surface area contributed by atoms with E-state index in [0.717, 1.165) is 25.7 Å². The van der Waals surface area contributed by atoms with Crippen LogP contribution in [0.15, 0.2) is 0 Å². The molecule has 2 aliphatic rings. The average Bonchev–Trinajstić information content (AvgIpc) is 2.87. The molecule has 5 nitrogen and oxygen atoms in total. The molecular formula is C14H23NO4. The first-order valence-corrected chi connectivity index (χ1v) is 7.25. The van der Waals surface area contributed by atoms with Gasteiger partial charge in [0.1, 0.15) is 0 Å². The Hall–Kier alpha value is -1.10. The highest BCUT2D eigenvalue weighted by Crippen LogP contribution is 2.31. The van der Waals surface area contributed by atoms with Gasteiger partial charge in [0, 0.05) is 12.5 Å². The molecule has 0 saturated heterocycles. The number of carboxylic acid groups (broad SMARTS) is 1. The summed E-state index contributed by atoms with van der Waals surface area (Å²) in [6, 6.07) is 0. The van der Waals surface area contributed by atoms with E-state index in [2.05, 4.69) is 5.32 Å². The first kappa shape index (κ1) is 14.3. The van der Waals surface area contributed by atoms with Gasteiger partial charge in [0.2, 0.25) is 5.91 Å². The first-order valence-electron chi connectivity index (χ1n) is 7.25. The van der Waals surface area contributed by atoms with Gasteiger partial charge in [-0.25, -0.2) is 0 Å². The van der Waals surface area contributed by atoms with Gasteiger partial charge in [-0.15, -0.1) is 0 Å². The third-order valence-corrected chi connectivity index (χ3v) is 4.53. The zero-order chi connectivity index (χ0) is 13.8. The molecule has 5 heteroatoms. The number of amides is 1. The normalized spacial score (nSPS) is 35.0. The number of rotatable bonds is 4. The van der Waals surface area contributed by atoms with Crippen molar-refractivity contribution in [2.45, 2.75) is 51.0 Å². The van der Waals surface area contributed by atoms with Gasteiger partial charge in [0.25, 0.3) is 0 Å². The van der Waals surface area contributed by atoms with Crippen molar-refractivity contribution in [3.8, 4) is 0 Å². The van der Waals surface area contributed by atoms with E-state index in [4.69, 9.17) is 5.11 Å². The molecule has 2 aliphatic carbocycles. The van der Waals surface area contributed by atoms with E-state index in [1.54, 1.807) is 0 Å².